The largest absolute Gasteiger partial charge is 0.434 e. The maximum atomic E-state index is 12.5. The van der Waals surface area contributed by atoms with Crippen molar-refractivity contribution in [3.63, 3.8) is 0 Å². The first-order valence-electron chi connectivity index (χ1n) is 7.52. The van der Waals surface area contributed by atoms with Crippen molar-refractivity contribution in [2.24, 2.45) is 11.7 Å². The number of nitrogens with two attached hydrogens (primary N) is 1. The first kappa shape index (κ1) is 16.2. The van der Waals surface area contributed by atoms with Crippen molar-refractivity contribution in [2.45, 2.75) is 45.4 Å². The highest BCUT2D eigenvalue weighted by Gasteiger charge is 2.30. The van der Waals surface area contributed by atoms with Crippen LogP contribution in [-0.4, -0.2) is 30.6 Å². The van der Waals surface area contributed by atoms with Gasteiger partial charge in [-0.05, 0) is 38.3 Å². The number of nitrogens with zero attached hydrogens (tertiary/aromatic N) is 1. The Kier molecular flexibility index (Phi) is 5.53. The third kappa shape index (κ3) is 3.92. The van der Waals surface area contributed by atoms with E-state index in [1.54, 1.807) is 12.1 Å². The van der Waals surface area contributed by atoms with E-state index in [1.165, 1.54) is 0 Å². The molecular weight excluding hydrogens is 274 g/mol. The normalized spacial score (nSPS) is 25.0. The minimum atomic E-state index is -2.80. The van der Waals surface area contributed by atoms with Gasteiger partial charge in [0.2, 0.25) is 0 Å². The van der Waals surface area contributed by atoms with Crippen LogP contribution in [0.25, 0.3) is 0 Å². The Morgan fingerprint density at radius 3 is 2.76 bits per heavy atom. The van der Waals surface area contributed by atoms with E-state index in [9.17, 15) is 8.78 Å². The van der Waals surface area contributed by atoms with E-state index in [0.717, 1.165) is 24.9 Å². The fourth-order valence-corrected chi connectivity index (χ4v) is 3.22. The molecule has 0 aliphatic carbocycles. The summed E-state index contributed by atoms with van der Waals surface area (Å²) in [6.45, 7) is 3.00. The number of benzene rings is 1. The van der Waals surface area contributed by atoms with Gasteiger partial charge < -0.3 is 10.5 Å². The van der Waals surface area contributed by atoms with Crippen LogP contribution in [0.4, 0.5) is 8.78 Å². The lowest BCUT2D eigenvalue weighted by atomic mass is 9.90. The van der Waals surface area contributed by atoms with Gasteiger partial charge in [0.15, 0.2) is 0 Å². The van der Waals surface area contributed by atoms with Crippen LogP contribution in [0.15, 0.2) is 24.3 Å². The Labute approximate surface area is 125 Å². The van der Waals surface area contributed by atoms with Crippen molar-refractivity contribution in [1.29, 1.82) is 0 Å². The molecule has 1 heterocycles. The summed E-state index contributed by atoms with van der Waals surface area (Å²) in [4.78, 5) is 2.31. The van der Waals surface area contributed by atoms with Gasteiger partial charge in [0.1, 0.15) is 5.75 Å². The Morgan fingerprint density at radius 2 is 2.10 bits per heavy atom. The van der Waals surface area contributed by atoms with Gasteiger partial charge in [-0.25, -0.2) is 0 Å². The number of alkyl halides is 2. The van der Waals surface area contributed by atoms with Crippen LogP contribution in [0, 0.1) is 5.92 Å². The zero-order valence-corrected chi connectivity index (χ0v) is 12.6. The molecule has 3 unspecified atom stereocenters. The third-order valence-corrected chi connectivity index (χ3v) is 4.38. The van der Waals surface area contributed by atoms with E-state index in [2.05, 4.69) is 16.6 Å². The second kappa shape index (κ2) is 7.18. The van der Waals surface area contributed by atoms with Gasteiger partial charge in [-0.1, -0.05) is 25.1 Å². The molecule has 21 heavy (non-hydrogen) atoms. The van der Waals surface area contributed by atoms with Crippen LogP contribution in [0.5, 0.6) is 5.75 Å². The number of ether oxygens (including phenoxy) is 1. The van der Waals surface area contributed by atoms with Crippen molar-refractivity contribution < 1.29 is 13.5 Å². The fourth-order valence-electron chi connectivity index (χ4n) is 3.22. The van der Waals surface area contributed by atoms with Crippen LogP contribution >= 0.6 is 0 Å². The number of halogens is 2. The molecule has 1 saturated heterocycles. The summed E-state index contributed by atoms with van der Waals surface area (Å²) in [5, 5.41) is 0. The average Bonchev–Trinajstić information content (AvgIpc) is 2.46. The lowest BCUT2D eigenvalue weighted by Gasteiger charge is -2.42. The van der Waals surface area contributed by atoms with Crippen molar-refractivity contribution in [1.82, 2.24) is 4.90 Å². The minimum Gasteiger partial charge on any atom is -0.434 e. The summed E-state index contributed by atoms with van der Waals surface area (Å²) in [5.74, 6) is 0.920. The van der Waals surface area contributed by atoms with Gasteiger partial charge >= 0.3 is 6.61 Å². The molecule has 0 amide bonds. The molecule has 1 aromatic carbocycles. The maximum absolute atomic E-state index is 12.5. The van der Waals surface area contributed by atoms with Crippen LogP contribution in [0.1, 0.15) is 38.3 Å². The van der Waals surface area contributed by atoms with Crippen molar-refractivity contribution in [3.05, 3.63) is 29.8 Å². The smallest absolute Gasteiger partial charge is 0.387 e. The van der Waals surface area contributed by atoms with E-state index in [-0.39, 0.29) is 11.8 Å². The molecule has 1 aromatic rings. The molecule has 2 N–H and O–H groups in total. The quantitative estimate of drug-likeness (QED) is 0.905. The van der Waals surface area contributed by atoms with Crippen molar-refractivity contribution in [3.8, 4) is 5.75 Å². The molecule has 0 bridgehead atoms. The van der Waals surface area contributed by atoms with E-state index >= 15 is 0 Å². The Hall–Kier alpha value is -1.20. The Balaban J connectivity index is 2.20. The summed E-state index contributed by atoms with van der Waals surface area (Å²) in [5.41, 5.74) is 6.69. The lowest BCUT2D eigenvalue weighted by Crippen LogP contribution is -2.47. The van der Waals surface area contributed by atoms with Crippen LogP contribution in [0.3, 0.4) is 0 Å². The van der Waals surface area contributed by atoms with Gasteiger partial charge in [-0.3, -0.25) is 4.90 Å². The molecule has 2 rings (SSSR count). The molecule has 1 fully saturated rings. The number of hydrogen-bond donors (Lipinski definition) is 1. The Bertz CT molecular complexity index is 456. The zero-order valence-electron chi connectivity index (χ0n) is 12.6. The van der Waals surface area contributed by atoms with Gasteiger partial charge in [-0.15, -0.1) is 0 Å². The maximum Gasteiger partial charge on any atom is 0.387 e. The molecule has 3 atom stereocenters. The predicted octanol–water partition coefficient (Wildman–Crippen LogP) is 3.41. The SMILES string of the molecule is CC1CCN(C(C)c2ccccc2OC(F)F)C(CN)C1. The summed E-state index contributed by atoms with van der Waals surface area (Å²) in [6, 6.07) is 7.33. The van der Waals surface area contributed by atoms with E-state index in [4.69, 9.17) is 5.73 Å². The monoisotopic (exact) mass is 298 g/mol. The first-order chi connectivity index (χ1) is 10.0. The minimum absolute atomic E-state index is 0.0148. The van der Waals surface area contributed by atoms with E-state index in [1.807, 2.05) is 19.1 Å². The molecule has 0 aromatic heterocycles. The summed E-state index contributed by atoms with van der Waals surface area (Å²) in [6.07, 6.45) is 2.16. The fraction of sp³-hybridized carbons (Fsp3) is 0.625. The predicted molar refractivity (Wildman–Crippen MR) is 79.4 cm³/mol. The number of hydrogen-bond acceptors (Lipinski definition) is 3. The number of piperidine rings is 1. The van der Waals surface area contributed by atoms with Gasteiger partial charge in [0.25, 0.3) is 0 Å². The van der Waals surface area contributed by atoms with Crippen LogP contribution in [-0.2, 0) is 0 Å². The lowest BCUT2D eigenvalue weighted by molar-refractivity contribution is -0.0515. The highest BCUT2D eigenvalue weighted by Crippen LogP contribution is 2.35. The molecule has 3 nitrogen and oxygen atoms in total. The van der Waals surface area contributed by atoms with E-state index < -0.39 is 6.61 Å². The number of likely N-dealkylation sites (tertiary alicyclic amines) is 1. The highest BCUT2D eigenvalue weighted by molar-refractivity contribution is 5.35. The van der Waals surface area contributed by atoms with Crippen LogP contribution in [0.2, 0.25) is 0 Å². The molecule has 0 saturated carbocycles. The molecule has 1 aliphatic heterocycles. The van der Waals surface area contributed by atoms with Crippen molar-refractivity contribution >= 4 is 0 Å². The summed E-state index contributed by atoms with van der Waals surface area (Å²) >= 11 is 0. The van der Waals surface area contributed by atoms with E-state index in [0.29, 0.717) is 18.5 Å². The molecule has 0 radical (unpaired) electrons. The molecule has 1 aliphatic rings. The molecule has 5 heteroatoms. The van der Waals surface area contributed by atoms with Gasteiger partial charge in [0, 0.05) is 24.2 Å². The summed E-state index contributed by atoms with van der Waals surface area (Å²) < 4.78 is 29.7. The zero-order chi connectivity index (χ0) is 15.4. The summed E-state index contributed by atoms with van der Waals surface area (Å²) in [7, 11) is 0. The van der Waals surface area contributed by atoms with Crippen molar-refractivity contribution in [2.75, 3.05) is 13.1 Å². The topological polar surface area (TPSA) is 38.5 Å². The highest BCUT2D eigenvalue weighted by atomic mass is 19.3. The van der Waals surface area contributed by atoms with Crippen LogP contribution < -0.4 is 10.5 Å². The standard InChI is InChI=1S/C16H24F2N2O/c1-11-7-8-20(13(9-11)10-19)12(2)14-5-3-4-6-15(14)21-16(17)18/h3-6,11-13,16H,7-10,19H2,1-2H3. The third-order valence-electron chi connectivity index (χ3n) is 4.38. The second-order valence-corrected chi connectivity index (χ2v) is 5.85. The first-order valence-corrected chi connectivity index (χ1v) is 7.52. The molecule has 118 valence electrons. The van der Waals surface area contributed by atoms with Gasteiger partial charge in [-0.2, -0.15) is 8.78 Å². The average molecular weight is 298 g/mol. The number of rotatable bonds is 5. The number of para-hydroxylation sites is 1. The second-order valence-electron chi connectivity index (χ2n) is 5.85. The van der Waals surface area contributed by atoms with Gasteiger partial charge in [0.05, 0.1) is 0 Å². The molecular formula is C16H24F2N2O. The Morgan fingerprint density at radius 1 is 1.38 bits per heavy atom. The molecule has 0 spiro atoms.